The van der Waals surface area contributed by atoms with E-state index in [0.717, 1.165) is 18.1 Å². The minimum atomic E-state index is -0.280. The fourth-order valence-electron chi connectivity index (χ4n) is 1.75. The summed E-state index contributed by atoms with van der Waals surface area (Å²) in [6.07, 6.45) is 0. The molecule has 2 aromatic rings. The van der Waals surface area contributed by atoms with Crippen LogP contribution in [-0.4, -0.2) is 16.7 Å². The van der Waals surface area contributed by atoms with Crippen LogP contribution in [0.3, 0.4) is 0 Å². The molecule has 19 heavy (non-hydrogen) atoms. The molecule has 0 fully saturated rings. The Kier molecular flexibility index (Phi) is 4.61. The third kappa shape index (κ3) is 3.81. The summed E-state index contributed by atoms with van der Waals surface area (Å²) in [6, 6.07) is 10.2. The molecule has 0 aliphatic carbocycles. The zero-order chi connectivity index (χ0) is 13.7. The van der Waals surface area contributed by atoms with E-state index in [1.165, 1.54) is 4.90 Å². The molecule has 0 spiro atoms. The van der Waals surface area contributed by atoms with Crippen molar-refractivity contribution >= 4 is 11.8 Å². The minimum absolute atomic E-state index is 0.280. The molecular formula is C14H19N3OS. The van der Waals surface area contributed by atoms with Crippen molar-refractivity contribution < 1.29 is 4.52 Å². The molecule has 102 valence electrons. The van der Waals surface area contributed by atoms with Gasteiger partial charge in [-0.2, -0.15) is 4.98 Å². The Morgan fingerprint density at radius 3 is 2.68 bits per heavy atom. The van der Waals surface area contributed by atoms with Gasteiger partial charge >= 0.3 is 0 Å². The average molecular weight is 277 g/mol. The first-order valence-corrected chi connectivity index (χ1v) is 7.36. The zero-order valence-corrected chi connectivity index (χ0v) is 12.3. The molecule has 1 aromatic heterocycles. The molecule has 4 nitrogen and oxygen atoms in total. The quantitative estimate of drug-likeness (QED) is 0.822. The van der Waals surface area contributed by atoms with Crippen LogP contribution in [0.5, 0.6) is 0 Å². The highest BCUT2D eigenvalue weighted by molar-refractivity contribution is 7.98. The molecule has 0 radical (unpaired) electrons. The smallest absolute Gasteiger partial charge is 0.246 e. The van der Waals surface area contributed by atoms with Gasteiger partial charge in [0, 0.05) is 4.90 Å². The molecule has 1 aromatic carbocycles. The predicted molar refractivity (Wildman–Crippen MR) is 77.0 cm³/mol. The molecular weight excluding hydrogens is 258 g/mol. The first-order valence-electron chi connectivity index (χ1n) is 6.38. The molecule has 0 amide bonds. The molecule has 0 atom stereocenters. The summed E-state index contributed by atoms with van der Waals surface area (Å²) in [5.74, 6) is 2.09. The Bertz CT molecular complexity index is 510. The first-order chi connectivity index (χ1) is 9.12. The summed E-state index contributed by atoms with van der Waals surface area (Å²) in [5.41, 5.74) is -0.280. The van der Waals surface area contributed by atoms with Crippen molar-refractivity contribution in [1.29, 1.82) is 0 Å². The van der Waals surface area contributed by atoms with Gasteiger partial charge < -0.3 is 9.84 Å². The maximum Gasteiger partial charge on any atom is 0.246 e. The first kappa shape index (κ1) is 14.1. The molecule has 5 heteroatoms. The molecule has 2 rings (SSSR count). The monoisotopic (exact) mass is 277 g/mol. The summed E-state index contributed by atoms with van der Waals surface area (Å²) in [5, 5.41) is 7.36. The van der Waals surface area contributed by atoms with Gasteiger partial charge in [0.2, 0.25) is 5.89 Å². The number of aromatic nitrogens is 2. The highest BCUT2D eigenvalue weighted by Crippen LogP contribution is 2.23. The average Bonchev–Trinajstić information content (AvgIpc) is 2.87. The second-order valence-electron chi connectivity index (χ2n) is 4.77. The number of hydrogen-bond acceptors (Lipinski definition) is 5. The van der Waals surface area contributed by atoms with Crippen LogP contribution in [0.4, 0.5) is 0 Å². The summed E-state index contributed by atoms with van der Waals surface area (Å²) < 4.78 is 5.33. The standard InChI is InChI=1S/C14H19N3OS/c1-4-15-14(2,3)13-16-12(17-18-13)10-19-11-8-6-5-7-9-11/h5-9,15H,4,10H2,1-3H3. The SMILES string of the molecule is CCNC(C)(C)c1nc(CSc2ccccc2)no1. The van der Waals surface area contributed by atoms with Crippen LogP contribution in [0, 0.1) is 0 Å². The van der Waals surface area contributed by atoms with Gasteiger partial charge in [0.25, 0.3) is 0 Å². The van der Waals surface area contributed by atoms with Crippen LogP contribution >= 0.6 is 11.8 Å². The third-order valence-corrected chi connectivity index (χ3v) is 3.74. The molecule has 1 heterocycles. The van der Waals surface area contributed by atoms with E-state index >= 15 is 0 Å². The van der Waals surface area contributed by atoms with Crippen molar-refractivity contribution in [2.24, 2.45) is 0 Å². The topological polar surface area (TPSA) is 51.0 Å². The van der Waals surface area contributed by atoms with Crippen LogP contribution in [0.2, 0.25) is 0 Å². The van der Waals surface area contributed by atoms with Gasteiger partial charge in [-0.25, -0.2) is 0 Å². The minimum Gasteiger partial charge on any atom is -0.337 e. The fourth-order valence-corrected chi connectivity index (χ4v) is 2.51. The number of nitrogens with zero attached hydrogens (tertiary/aromatic N) is 2. The maximum absolute atomic E-state index is 5.33. The lowest BCUT2D eigenvalue weighted by atomic mass is 10.1. The summed E-state index contributed by atoms with van der Waals surface area (Å²) in [6.45, 7) is 7.00. The Morgan fingerprint density at radius 1 is 1.26 bits per heavy atom. The molecule has 1 N–H and O–H groups in total. The van der Waals surface area contributed by atoms with Gasteiger partial charge in [-0.05, 0) is 32.5 Å². The molecule has 0 bridgehead atoms. The normalized spacial score (nSPS) is 11.7. The van der Waals surface area contributed by atoms with E-state index in [9.17, 15) is 0 Å². The van der Waals surface area contributed by atoms with Crippen molar-refractivity contribution in [3.8, 4) is 0 Å². The van der Waals surface area contributed by atoms with Crippen molar-refractivity contribution in [1.82, 2.24) is 15.5 Å². The number of nitrogens with one attached hydrogen (secondary N) is 1. The van der Waals surface area contributed by atoms with Crippen molar-refractivity contribution in [2.45, 2.75) is 37.0 Å². The third-order valence-electron chi connectivity index (χ3n) is 2.73. The number of thioether (sulfide) groups is 1. The summed E-state index contributed by atoms with van der Waals surface area (Å²) >= 11 is 1.71. The zero-order valence-electron chi connectivity index (χ0n) is 11.5. The van der Waals surface area contributed by atoms with Crippen molar-refractivity contribution in [3.05, 3.63) is 42.0 Å². The Morgan fingerprint density at radius 2 is 2.00 bits per heavy atom. The molecule has 0 aliphatic rings. The summed E-state index contributed by atoms with van der Waals surface area (Å²) in [7, 11) is 0. The molecule has 0 aliphatic heterocycles. The molecule has 0 unspecified atom stereocenters. The molecule has 0 saturated carbocycles. The van der Waals surface area contributed by atoms with E-state index in [2.05, 4.69) is 34.5 Å². The van der Waals surface area contributed by atoms with E-state index in [4.69, 9.17) is 4.52 Å². The van der Waals surface area contributed by atoms with E-state index in [0.29, 0.717) is 5.89 Å². The van der Waals surface area contributed by atoms with E-state index in [1.54, 1.807) is 11.8 Å². The van der Waals surface area contributed by atoms with Gasteiger partial charge in [-0.15, -0.1) is 11.8 Å². The van der Waals surface area contributed by atoms with E-state index in [-0.39, 0.29) is 5.54 Å². The van der Waals surface area contributed by atoms with Crippen LogP contribution in [0.1, 0.15) is 32.5 Å². The van der Waals surface area contributed by atoms with Crippen LogP contribution < -0.4 is 5.32 Å². The van der Waals surface area contributed by atoms with Crippen LogP contribution in [-0.2, 0) is 11.3 Å². The second-order valence-corrected chi connectivity index (χ2v) is 5.82. The lowest BCUT2D eigenvalue weighted by Gasteiger charge is -2.20. The summed E-state index contributed by atoms with van der Waals surface area (Å²) in [4.78, 5) is 5.66. The largest absolute Gasteiger partial charge is 0.337 e. The number of hydrogen-bond donors (Lipinski definition) is 1. The number of rotatable bonds is 6. The van der Waals surface area contributed by atoms with Crippen LogP contribution in [0.15, 0.2) is 39.8 Å². The van der Waals surface area contributed by atoms with Gasteiger partial charge in [0.15, 0.2) is 5.82 Å². The lowest BCUT2D eigenvalue weighted by Crippen LogP contribution is -2.36. The highest BCUT2D eigenvalue weighted by Gasteiger charge is 2.26. The van der Waals surface area contributed by atoms with Crippen LogP contribution in [0.25, 0.3) is 0 Å². The Balaban J connectivity index is 1.98. The van der Waals surface area contributed by atoms with Crippen molar-refractivity contribution in [2.75, 3.05) is 6.54 Å². The fraction of sp³-hybridized carbons (Fsp3) is 0.429. The highest BCUT2D eigenvalue weighted by atomic mass is 32.2. The van der Waals surface area contributed by atoms with Crippen molar-refractivity contribution in [3.63, 3.8) is 0 Å². The molecule has 0 saturated heterocycles. The van der Waals surface area contributed by atoms with Gasteiger partial charge in [0.05, 0.1) is 11.3 Å². The predicted octanol–water partition coefficient (Wildman–Crippen LogP) is 3.21. The van der Waals surface area contributed by atoms with Gasteiger partial charge in [0.1, 0.15) is 0 Å². The van der Waals surface area contributed by atoms with Gasteiger partial charge in [-0.3, -0.25) is 0 Å². The van der Waals surface area contributed by atoms with E-state index in [1.807, 2.05) is 32.0 Å². The Labute approximate surface area is 118 Å². The maximum atomic E-state index is 5.33. The number of benzene rings is 1. The lowest BCUT2D eigenvalue weighted by molar-refractivity contribution is 0.271. The van der Waals surface area contributed by atoms with E-state index < -0.39 is 0 Å². The Hall–Kier alpha value is -1.33. The van der Waals surface area contributed by atoms with Gasteiger partial charge in [-0.1, -0.05) is 30.3 Å². The second kappa shape index (κ2) is 6.21.